The second-order valence-electron chi connectivity index (χ2n) is 3.99. The van der Waals surface area contributed by atoms with E-state index in [1.54, 1.807) is 6.07 Å². The molecule has 0 aliphatic rings. The maximum Gasteiger partial charge on any atom is 0.159 e. The second kappa shape index (κ2) is 5.50. The zero-order valence-electron chi connectivity index (χ0n) is 9.91. The molecule has 2 N–H and O–H groups in total. The molecule has 2 aromatic rings. The molecule has 0 amide bonds. The van der Waals surface area contributed by atoms with E-state index in [2.05, 4.69) is 0 Å². The number of aryl methyl sites for hydroxylation is 1. The molecule has 0 aromatic heterocycles. The van der Waals surface area contributed by atoms with Crippen molar-refractivity contribution in [3.8, 4) is 0 Å². The first-order valence-corrected chi connectivity index (χ1v) is 6.34. The fraction of sp³-hybridized carbons (Fsp3) is 0.143. The van der Waals surface area contributed by atoms with Crippen LogP contribution in [0.1, 0.15) is 11.1 Å². The van der Waals surface area contributed by atoms with Crippen LogP contribution in [0.2, 0.25) is 0 Å². The van der Waals surface area contributed by atoms with E-state index in [1.165, 1.54) is 17.8 Å². The van der Waals surface area contributed by atoms with Gasteiger partial charge in [-0.2, -0.15) is 0 Å². The van der Waals surface area contributed by atoms with Crippen LogP contribution in [0.25, 0.3) is 0 Å². The van der Waals surface area contributed by atoms with E-state index in [9.17, 15) is 8.78 Å². The quantitative estimate of drug-likeness (QED) is 0.911. The van der Waals surface area contributed by atoms with E-state index in [0.717, 1.165) is 22.1 Å². The largest absolute Gasteiger partial charge is 0.326 e. The van der Waals surface area contributed by atoms with Crippen molar-refractivity contribution in [3.05, 3.63) is 59.2 Å². The summed E-state index contributed by atoms with van der Waals surface area (Å²) in [6, 6.07) is 9.83. The fourth-order valence-corrected chi connectivity index (χ4v) is 2.67. The number of hydrogen-bond donors (Lipinski definition) is 1. The minimum Gasteiger partial charge on any atom is -0.326 e. The lowest BCUT2D eigenvalue weighted by Gasteiger charge is -2.08. The van der Waals surface area contributed by atoms with Crippen LogP contribution in [0.3, 0.4) is 0 Å². The standard InChI is InChI=1S/C14H13F2NS/c1-9-2-3-10(8-17)14(6-9)18-11-4-5-12(15)13(16)7-11/h2-7H,8,17H2,1H3. The van der Waals surface area contributed by atoms with Crippen LogP contribution < -0.4 is 5.73 Å². The normalized spacial score (nSPS) is 10.7. The highest BCUT2D eigenvalue weighted by molar-refractivity contribution is 7.99. The maximum absolute atomic E-state index is 13.1. The molecule has 0 heterocycles. The van der Waals surface area contributed by atoms with Gasteiger partial charge < -0.3 is 5.73 Å². The SMILES string of the molecule is Cc1ccc(CN)c(Sc2ccc(F)c(F)c2)c1. The maximum atomic E-state index is 13.1. The summed E-state index contributed by atoms with van der Waals surface area (Å²) in [5.41, 5.74) is 7.77. The second-order valence-corrected chi connectivity index (χ2v) is 5.11. The van der Waals surface area contributed by atoms with Gasteiger partial charge in [0.25, 0.3) is 0 Å². The van der Waals surface area contributed by atoms with Crippen molar-refractivity contribution < 1.29 is 8.78 Å². The van der Waals surface area contributed by atoms with E-state index in [4.69, 9.17) is 5.73 Å². The van der Waals surface area contributed by atoms with E-state index >= 15 is 0 Å². The molecule has 2 aromatic carbocycles. The van der Waals surface area contributed by atoms with Gasteiger partial charge in [0.1, 0.15) is 0 Å². The Labute approximate surface area is 109 Å². The summed E-state index contributed by atoms with van der Waals surface area (Å²) in [6.07, 6.45) is 0. The Bertz CT molecular complexity index is 570. The Balaban J connectivity index is 2.33. The summed E-state index contributed by atoms with van der Waals surface area (Å²) in [7, 11) is 0. The third kappa shape index (κ3) is 2.89. The Hall–Kier alpha value is -1.39. The minimum atomic E-state index is -0.832. The van der Waals surface area contributed by atoms with Gasteiger partial charge in [0.15, 0.2) is 11.6 Å². The van der Waals surface area contributed by atoms with Crippen molar-refractivity contribution in [2.24, 2.45) is 5.73 Å². The number of nitrogens with two attached hydrogens (primary N) is 1. The molecule has 0 aliphatic carbocycles. The molecule has 0 spiro atoms. The average molecular weight is 265 g/mol. The predicted octanol–water partition coefficient (Wildman–Crippen LogP) is 3.88. The lowest BCUT2D eigenvalue weighted by atomic mass is 10.1. The first-order valence-electron chi connectivity index (χ1n) is 5.52. The molecule has 0 bridgehead atoms. The van der Waals surface area contributed by atoms with Crippen LogP contribution in [-0.2, 0) is 6.54 Å². The molecule has 0 unspecified atom stereocenters. The molecule has 4 heteroatoms. The van der Waals surface area contributed by atoms with Gasteiger partial charge in [0.2, 0.25) is 0 Å². The Morgan fingerprint density at radius 2 is 1.83 bits per heavy atom. The molecule has 0 atom stereocenters. The van der Waals surface area contributed by atoms with Crippen molar-refractivity contribution in [1.82, 2.24) is 0 Å². The lowest BCUT2D eigenvalue weighted by Crippen LogP contribution is -1.98. The predicted molar refractivity (Wildman–Crippen MR) is 69.6 cm³/mol. The molecule has 0 fully saturated rings. The van der Waals surface area contributed by atoms with Crippen LogP contribution in [0.4, 0.5) is 8.78 Å². The van der Waals surface area contributed by atoms with Crippen molar-refractivity contribution in [2.45, 2.75) is 23.3 Å². The number of halogens is 2. The number of hydrogen-bond acceptors (Lipinski definition) is 2. The highest BCUT2D eigenvalue weighted by Gasteiger charge is 2.07. The zero-order chi connectivity index (χ0) is 13.1. The molecule has 0 saturated carbocycles. The molecular weight excluding hydrogens is 252 g/mol. The molecular formula is C14H13F2NS. The molecule has 94 valence electrons. The molecule has 1 nitrogen and oxygen atoms in total. The van der Waals surface area contributed by atoms with E-state index in [1.807, 2.05) is 25.1 Å². The monoisotopic (exact) mass is 265 g/mol. The molecule has 18 heavy (non-hydrogen) atoms. The minimum absolute atomic E-state index is 0.423. The Morgan fingerprint density at radius 1 is 1.06 bits per heavy atom. The number of rotatable bonds is 3. The van der Waals surface area contributed by atoms with Crippen molar-refractivity contribution in [1.29, 1.82) is 0 Å². The van der Waals surface area contributed by atoms with Gasteiger partial charge in [0, 0.05) is 16.3 Å². The summed E-state index contributed by atoms with van der Waals surface area (Å²) in [4.78, 5) is 1.64. The van der Waals surface area contributed by atoms with E-state index < -0.39 is 11.6 Å². The average Bonchev–Trinajstić information content (AvgIpc) is 2.34. The molecule has 0 radical (unpaired) electrons. The van der Waals surface area contributed by atoms with Crippen LogP contribution in [0.15, 0.2) is 46.2 Å². The van der Waals surface area contributed by atoms with Crippen molar-refractivity contribution in [2.75, 3.05) is 0 Å². The van der Waals surface area contributed by atoms with E-state index in [-0.39, 0.29) is 0 Å². The van der Waals surface area contributed by atoms with Gasteiger partial charge in [0.05, 0.1) is 0 Å². The van der Waals surface area contributed by atoms with Crippen LogP contribution >= 0.6 is 11.8 Å². The zero-order valence-corrected chi connectivity index (χ0v) is 10.7. The van der Waals surface area contributed by atoms with Gasteiger partial charge in [-0.05, 0) is 42.3 Å². The Kier molecular flexibility index (Phi) is 3.99. The van der Waals surface area contributed by atoms with Crippen molar-refractivity contribution >= 4 is 11.8 Å². The molecule has 2 rings (SSSR count). The van der Waals surface area contributed by atoms with E-state index in [0.29, 0.717) is 11.4 Å². The third-order valence-electron chi connectivity index (χ3n) is 2.56. The summed E-state index contributed by atoms with van der Waals surface area (Å²) < 4.78 is 26.0. The highest BCUT2D eigenvalue weighted by Crippen LogP contribution is 2.31. The summed E-state index contributed by atoms with van der Waals surface area (Å²) in [6.45, 7) is 2.40. The summed E-state index contributed by atoms with van der Waals surface area (Å²) in [5, 5.41) is 0. The first-order chi connectivity index (χ1) is 8.60. The molecule has 0 aliphatic heterocycles. The Morgan fingerprint density at radius 3 is 2.50 bits per heavy atom. The first kappa shape index (κ1) is 13.1. The third-order valence-corrected chi connectivity index (χ3v) is 3.65. The summed E-state index contributed by atoms with van der Waals surface area (Å²) in [5.74, 6) is -1.66. The van der Waals surface area contributed by atoms with Gasteiger partial charge in [-0.25, -0.2) is 8.78 Å². The van der Waals surface area contributed by atoms with Gasteiger partial charge in [-0.1, -0.05) is 23.9 Å². The summed E-state index contributed by atoms with van der Waals surface area (Å²) >= 11 is 1.39. The fourth-order valence-electron chi connectivity index (χ4n) is 1.59. The van der Waals surface area contributed by atoms with Crippen LogP contribution in [0.5, 0.6) is 0 Å². The highest BCUT2D eigenvalue weighted by atomic mass is 32.2. The van der Waals surface area contributed by atoms with Gasteiger partial charge in [-0.15, -0.1) is 0 Å². The molecule has 0 saturated heterocycles. The van der Waals surface area contributed by atoms with Crippen molar-refractivity contribution in [3.63, 3.8) is 0 Å². The van der Waals surface area contributed by atoms with Gasteiger partial charge >= 0.3 is 0 Å². The lowest BCUT2D eigenvalue weighted by molar-refractivity contribution is 0.506. The van der Waals surface area contributed by atoms with Crippen LogP contribution in [-0.4, -0.2) is 0 Å². The van der Waals surface area contributed by atoms with Gasteiger partial charge in [-0.3, -0.25) is 0 Å². The number of benzene rings is 2. The topological polar surface area (TPSA) is 26.0 Å². The smallest absolute Gasteiger partial charge is 0.159 e. The van der Waals surface area contributed by atoms with Crippen LogP contribution in [0, 0.1) is 18.6 Å².